The van der Waals surface area contributed by atoms with Crippen LogP contribution in [0.5, 0.6) is 0 Å². The fraction of sp³-hybridized carbons (Fsp3) is 0.0667. The van der Waals surface area contributed by atoms with Crippen LogP contribution in [-0.2, 0) is 5.75 Å². The highest BCUT2D eigenvalue weighted by Gasteiger charge is 2.13. The second-order valence-corrected chi connectivity index (χ2v) is 6.13. The number of thioether (sulfide) groups is 1. The minimum atomic E-state index is 0.424. The number of rotatable bonds is 5. The highest BCUT2D eigenvalue weighted by molar-refractivity contribution is 7.98. The van der Waals surface area contributed by atoms with E-state index in [1.165, 1.54) is 11.8 Å². The van der Waals surface area contributed by atoms with Crippen molar-refractivity contribution in [2.75, 3.05) is 0 Å². The monoisotopic (exact) mass is 359 g/mol. The summed E-state index contributed by atoms with van der Waals surface area (Å²) in [6.07, 6.45) is 1.56. The van der Waals surface area contributed by atoms with Gasteiger partial charge in [0.15, 0.2) is 11.6 Å². The van der Waals surface area contributed by atoms with E-state index in [-0.39, 0.29) is 0 Å². The van der Waals surface area contributed by atoms with Crippen molar-refractivity contribution in [1.29, 1.82) is 0 Å². The van der Waals surface area contributed by atoms with Crippen LogP contribution in [-0.4, -0.2) is 25.3 Å². The van der Waals surface area contributed by atoms with Crippen LogP contribution in [0.15, 0.2) is 56.8 Å². The van der Waals surface area contributed by atoms with Gasteiger partial charge in [0.2, 0.25) is 16.9 Å². The molecular formula is C15H10ClN5O2S. The standard InChI is InChI=1S/C15H10ClN5O2S/c16-10-5-3-9(4-6-10)13-18-15(20-19-13)24-8-12-17-14(21-23-12)11-2-1-7-22-11/h1-7H,8H2,(H,18,19,20). The second kappa shape index (κ2) is 6.50. The molecule has 120 valence electrons. The van der Waals surface area contributed by atoms with E-state index in [2.05, 4.69) is 25.3 Å². The maximum absolute atomic E-state index is 5.88. The summed E-state index contributed by atoms with van der Waals surface area (Å²) >= 11 is 7.28. The van der Waals surface area contributed by atoms with Gasteiger partial charge < -0.3 is 8.94 Å². The van der Waals surface area contributed by atoms with Crippen LogP contribution in [0.2, 0.25) is 5.02 Å². The van der Waals surface area contributed by atoms with E-state index in [0.717, 1.165) is 5.56 Å². The summed E-state index contributed by atoms with van der Waals surface area (Å²) in [5.41, 5.74) is 0.914. The molecule has 1 N–H and O–H groups in total. The molecule has 0 saturated heterocycles. The molecule has 3 heterocycles. The number of benzene rings is 1. The summed E-state index contributed by atoms with van der Waals surface area (Å²) < 4.78 is 10.4. The van der Waals surface area contributed by atoms with Gasteiger partial charge in [0.05, 0.1) is 12.0 Å². The predicted molar refractivity (Wildman–Crippen MR) is 88.4 cm³/mol. The van der Waals surface area contributed by atoms with Gasteiger partial charge in [-0.2, -0.15) is 4.98 Å². The topological polar surface area (TPSA) is 93.6 Å². The number of nitrogens with one attached hydrogen (secondary N) is 1. The lowest BCUT2D eigenvalue weighted by molar-refractivity contribution is 0.390. The average molecular weight is 360 g/mol. The van der Waals surface area contributed by atoms with Crippen LogP contribution in [0.25, 0.3) is 23.0 Å². The maximum Gasteiger partial charge on any atom is 0.238 e. The van der Waals surface area contributed by atoms with Crippen molar-refractivity contribution in [3.63, 3.8) is 0 Å². The zero-order chi connectivity index (χ0) is 16.4. The SMILES string of the molecule is Clc1ccc(-c2nc(SCc3nc(-c4ccco4)no3)n[nH]2)cc1. The Hall–Kier alpha value is -2.58. The number of hydrogen-bond acceptors (Lipinski definition) is 7. The van der Waals surface area contributed by atoms with Gasteiger partial charge in [-0.25, -0.2) is 4.98 Å². The first-order valence-corrected chi connectivity index (χ1v) is 8.32. The van der Waals surface area contributed by atoms with Crippen LogP contribution in [0.1, 0.15) is 5.89 Å². The molecule has 0 radical (unpaired) electrons. The van der Waals surface area contributed by atoms with Gasteiger partial charge in [-0.1, -0.05) is 28.5 Å². The number of nitrogens with zero attached hydrogens (tertiary/aromatic N) is 4. The Morgan fingerprint density at radius 1 is 1.12 bits per heavy atom. The molecule has 24 heavy (non-hydrogen) atoms. The Morgan fingerprint density at radius 2 is 2.00 bits per heavy atom. The normalized spacial score (nSPS) is 11.0. The smallest absolute Gasteiger partial charge is 0.238 e. The molecule has 0 atom stereocenters. The zero-order valence-electron chi connectivity index (χ0n) is 12.1. The van der Waals surface area contributed by atoms with Gasteiger partial charge in [-0.15, -0.1) is 5.10 Å². The Morgan fingerprint density at radius 3 is 2.79 bits per heavy atom. The number of hydrogen-bond donors (Lipinski definition) is 1. The van der Waals surface area contributed by atoms with Crippen LogP contribution in [0.4, 0.5) is 0 Å². The van der Waals surface area contributed by atoms with E-state index < -0.39 is 0 Å². The van der Waals surface area contributed by atoms with E-state index in [9.17, 15) is 0 Å². The zero-order valence-corrected chi connectivity index (χ0v) is 13.7. The molecule has 0 amide bonds. The van der Waals surface area contributed by atoms with Crippen molar-refractivity contribution in [2.45, 2.75) is 10.9 Å². The highest BCUT2D eigenvalue weighted by atomic mass is 35.5. The lowest BCUT2D eigenvalue weighted by Crippen LogP contribution is -1.83. The van der Waals surface area contributed by atoms with Gasteiger partial charge in [0.25, 0.3) is 0 Å². The van der Waals surface area contributed by atoms with Crippen LogP contribution < -0.4 is 0 Å². The molecule has 0 saturated carbocycles. The number of aromatic amines is 1. The third-order valence-corrected chi connectivity index (χ3v) is 4.20. The van der Waals surface area contributed by atoms with Gasteiger partial charge in [0, 0.05) is 10.6 Å². The van der Waals surface area contributed by atoms with E-state index >= 15 is 0 Å². The summed E-state index contributed by atoms with van der Waals surface area (Å²) in [6, 6.07) is 10.9. The third kappa shape index (κ3) is 3.19. The lowest BCUT2D eigenvalue weighted by Gasteiger charge is -1.95. The first-order chi connectivity index (χ1) is 11.8. The number of aromatic nitrogens is 5. The molecule has 0 fully saturated rings. The molecule has 7 nitrogen and oxygen atoms in total. The number of furan rings is 1. The molecule has 0 aliphatic carbocycles. The minimum absolute atomic E-state index is 0.424. The number of halogens is 1. The van der Waals surface area contributed by atoms with Gasteiger partial charge in [-0.3, -0.25) is 5.10 Å². The predicted octanol–water partition coefficient (Wildman–Crippen LogP) is 4.06. The van der Waals surface area contributed by atoms with Crippen molar-refractivity contribution in [1.82, 2.24) is 25.3 Å². The van der Waals surface area contributed by atoms with E-state index in [4.69, 9.17) is 20.5 Å². The Kier molecular flexibility index (Phi) is 4.06. The van der Waals surface area contributed by atoms with Crippen molar-refractivity contribution in [3.8, 4) is 23.0 Å². The van der Waals surface area contributed by atoms with Gasteiger partial charge >= 0.3 is 0 Å². The molecule has 4 rings (SSSR count). The molecule has 1 aromatic carbocycles. The van der Waals surface area contributed by atoms with Gasteiger partial charge in [-0.05, 0) is 36.4 Å². The van der Waals surface area contributed by atoms with Crippen molar-refractivity contribution in [2.24, 2.45) is 0 Å². The molecule has 0 unspecified atom stereocenters. The maximum atomic E-state index is 5.88. The fourth-order valence-electron chi connectivity index (χ4n) is 1.99. The minimum Gasteiger partial charge on any atom is -0.461 e. The quantitative estimate of drug-likeness (QED) is 0.537. The summed E-state index contributed by atoms with van der Waals surface area (Å²) in [7, 11) is 0. The van der Waals surface area contributed by atoms with Crippen molar-refractivity contribution in [3.05, 3.63) is 53.6 Å². The molecule has 0 aliphatic heterocycles. The summed E-state index contributed by atoms with van der Waals surface area (Å²) in [4.78, 5) is 8.70. The summed E-state index contributed by atoms with van der Waals surface area (Å²) in [5, 5.41) is 12.2. The fourth-order valence-corrected chi connectivity index (χ4v) is 2.76. The van der Waals surface area contributed by atoms with Crippen molar-refractivity contribution >= 4 is 23.4 Å². The number of H-pyrrole nitrogens is 1. The molecular weight excluding hydrogens is 350 g/mol. The molecule has 0 bridgehead atoms. The van der Waals surface area contributed by atoms with E-state index in [0.29, 0.717) is 39.2 Å². The highest BCUT2D eigenvalue weighted by Crippen LogP contribution is 2.24. The van der Waals surface area contributed by atoms with E-state index in [1.807, 2.05) is 12.1 Å². The molecule has 0 aliphatic rings. The van der Waals surface area contributed by atoms with Crippen LogP contribution in [0.3, 0.4) is 0 Å². The third-order valence-electron chi connectivity index (χ3n) is 3.12. The van der Waals surface area contributed by atoms with Crippen molar-refractivity contribution < 1.29 is 8.94 Å². The molecule has 0 spiro atoms. The Balaban J connectivity index is 1.42. The Labute approximate surface area is 145 Å². The first-order valence-electron chi connectivity index (χ1n) is 6.95. The first kappa shape index (κ1) is 15.0. The average Bonchev–Trinajstić information content (AvgIpc) is 3.34. The Bertz CT molecular complexity index is 933. The van der Waals surface area contributed by atoms with Crippen LogP contribution in [0, 0.1) is 0 Å². The molecule has 4 aromatic rings. The van der Waals surface area contributed by atoms with E-state index in [1.54, 1.807) is 30.5 Å². The lowest BCUT2D eigenvalue weighted by atomic mass is 10.2. The summed E-state index contributed by atoms with van der Waals surface area (Å²) in [5.74, 6) is 2.61. The summed E-state index contributed by atoms with van der Waals surface area (Å²) in [6.45, 7) is 0. The van der Waals surface area contributed by atoms with Gasteiger partial charge in [0.1, 0.15) is 0 Å². The molecule has 9 heteroatoms. The van der Waals surface area contributed by atoms with Crippen LogP contribution >= 0.6 is 23.4 Å². The molecule has 3 aromatic heterocycles. The largest absolute Gasteiger partial charge is 0.461 e. The second-order valence-electron chi connectivity index (χ2n) is 4.75.